The largest absolute Gasteiger partial charge is 1.00 e. The van der Waals surface area contributed by atoms with E-state index in [1.165, 1.54) is 0 Å². The number of nitrogens with zero attached hydrogens (tertiary/aromatic N) is 2. The normalized spacial score (nSPS) is 11.8. The molecule has 0 aliphatic heterocycles. The summed E-state index contributed by atoms with van der Waals surface area (Å²) in [6, 6.07) is 11.8. The molecule has 0 amide bonds. The Morgan fingerprint density at radius 2 is 1.81 bits per heavy atom. The number of aromatic nitrogens is 2. The van der Waals surface area contributed by atoms with Crippen molar-refractivity contribution in [1.82, 2.24) is 4.57 Å². The quantitative estimate of drug-likeness (QED) is 0.275. The van der Waals surface area contributed by atoms with Crippen LogP contribution in [0.5, 0.6) is 5.75 Å². The molecule has 0 saturated carbocycles. The number of hydrogen-bond acceptors (Lipinski definition) is 2. The fourth-order valence-corrected chi connectivity index (χ4v) is 4.05. The SMILES string of the molecule is CCCCOC(C[n+]1ccn(CCOc2c(C)cccc2C)c1)c1ccc(Cl)cc1Cl.[Br-]. The molecular formula is C25H31BrCl2N2O2. The Labute approximate surface area is 211 Å². The third-order valence-electron chi connectivity index (χ3n) is 5.25. The first-order chi connectivity index (χ1) is 15.0. The lowest BCUT2D eigenvalue weighted by Gasteiger charge is -2.18. The molecule has 174 valence electrons. The molecule has 1 atom stereocenters. The summed E-state index contributed by atoms with van der Waals surface area (Å²) in [7, 11) is 0. The second kappa shape index (κ2) is 13.2. The monoisotopic (exact) mass is 540 g/mol. The van der Waals surface area contributed by atoms with Crippen molar-refractivity contribution in [2.45, 2.75) is 52.8 Å². The summed E-state index contributed by atoms with van der Waals surface area (Å²) in [5.74, 6) is 0.976. The van der Waals surface area contributed by atoms with Crippen molar-refractivity contribution in [3.05, 3.63) is 81.9 Å². The van der Waals surface area contributed by atoms with Crippen LogP contribution in [0.15, 0.2) is 55.1 Å². The van der Waals surface area contributed by atoms with Crippen LogP contribution >= 0.6 is 23.2 Å². The standard InChI is InChI=1S/C25H31Cl2N2O2.BrH/c1-4-5-14-30-24(22-10-9-21(26)16-23(22)27)17-29-12-11-28(18-29)13-15-31-25-19(2)7-6-8-20(25)3;/h6-12,16,18,24H,4-5,13-15,17H2,1-3H3;1H/q+1;/p-1. The zero-order chi connectivity index (χ0) is 22.2. The summed E-state index contributed by atoms with van der Waals surface area (Å²) < 4.78 is 16.5. The molecule has 0 aliphatic rings. The Balaban J connectivity index is 0.00000363. The summed E-state index contributed by atoms with van der Waals surface area (Å²) in [5, 5.41) is 1.26. The van der Waals surface area contributed by atoms with E-state index in [2.05, 4.69) is 66.8 Å². The predicted octanol–water partition coefficient (Wildman–Crippen LogP) is 3.34. The number of halogens is 3. The Morgan fingerprint density at radius 3 is 2.50 bits per heavy atom. The number of benzene rings is 2. The van der Waals surface area contributed by atoms with Gasteiger partial charge in [0.1, 0.15) is 43.9 Å². The van der Waals surface area contributed by atoms with Crippen molar-refractivity contribution < 1.29 is 31.0 Å². The van der Waals surface area contributed by atoms with E-state index >= 15 is 0 Å². The molecule has 3 rings (SSSR count). The van der Waals surface area contributed by atoms with Gasteiger partial charge >= 0.3 is 0 Å². The van der Waals surface area contributed by atoms with Gasteiger partial charge in [-0.15, -0.1) is 0 Å². The van der Waals surface area contributed by atoms with E-state index in [0.29, 0.717) is 29.8 Å². The number of unbranched alkanes of at least 4 members (excludes halogenated alkanes) is 1. The van der Waals surface area contributed by atoms with Crippen LogP contribution in [0.3, 0.4) is 0 Å². The Kier molecular flexibility index (Phi) is 11.1. The molecule has 1 heterocycles. The molecule has 0 fully saturated rings. The van der Waals surface area contributed by atoms with Gasteiger partial charge in [-0.05, 0) is 43.5 Å². The van der Waals surface area contributed by atoms with Crippen molar-refractivity contribution in [3.63, 3.8) is 0 Å². The smallest absolute Gasteiger partial charge is 0.243 e. The fraction of sp³-hybridized carbons (Fsp3) is 0.400. The van der Waals surface area contributed by atoms with Crippen LogP contribution in [0.25, 0.3) is 0 Å². The molecule has 1 unspecified atom stereocenters. The Hall–Kier alpha value is -1.53. The predicted molar refractivity (Wildman–Crippen MR) is 126 cm³/mol. The minimum absolute atomic E-state index is 0. The second-order valence-electron chi connectivity index (χ2n) is 7.80. The van der Waals surface area contributed by atoms with Gasteiger partial charge in [0.15, 0.2) is 0 Å². The van der Waals surface area contributed by atoms with Crippen LogP contribution in [-0.4, -0.2) is 17.8 Å². The maximum absolute atomic E-state index is 6.47. The average molecular weight is 542 g/mol. The number of rotatable bonds is 11. The van der Waals surface area contributed by atoms with Gasteiger partial charge in [-0.1, -0.05) is 60.8 Å². The average Bonchev–Trinajstić information content (AvgIpc) is 3.17. The highest BCUT2D eigenvalue weighted by Crippen LogP contribution is 2.29. The van der Waals surface area contributed by atoms with E-state index in [1.807, 2.05) is 12.1 Å². The molecule has 0 bridgehead atoms. The molecule has 0 saturated heterocycles. The summed E-state index contributed by atoms with van der Waals surface area (Å²) in [6.07, 6.45) is 8.16. The molecule has 2 aromatic carbocycles. The fourth-order valence-electron chi connectivity index (χ4n) is 3.52. The Bertz CT molecular complexity index is 974. The van der Waals surface area contributed by atoms with Crippen molar-refractivity contribution in [1.29, 1.82) is 0 Å². The van der Waals surface area contributed by atoms with Crippen LogP contribution in [-0.2, 0) is 17.8 Å². The molecular weight excluding hydrogens is 511 g/mol. The van der Waals surface area contributed by atoms with E-state index < -0.39 is 0 Å². The maximum atomic E-state index is 6.47. The lowest BCUT2D eigenvalue weighted by atomic mass is 10.1. The third kappa shape index (κ3) is 7.51. The van der Waals surface area contributed by atoms with Gasteiger partial charge in [-0.2, -0.15) is 0 Å². The highest BCUT2D eigenvalue weighted by atomic mass is 79.9. The third-order valence-corrected chi connectivity index (χ3v) is 5.82. The van der Waals surface area contributed by atoms with Gasteiger partial charge in [0, 0.05) is 22.2 Å². The molecule has 4 nitrogen and oxygen atoms in total. The van der Waals surface area contributed by atoms with Crippen LogP contribution < -0.4 is 26.3 Å². The van der Waals surface area contributed by atoms with Gasteiger partial charge in [0.2, 0.25) is 6.33 Å². The number of para-hydroxylation sites is 1. The number of imidazole rings is 1. The zero-order valence-electron chi connectivity index (χ0n) is 18.9. The van der Waals surface area contributed by atoms with Gasteiger partial charge in [0.25, 0.3) is 0 Å². The van der Waals surface area contributed by atoms with E-state index in [1.54, 1.807) is 6.07 Å². The first-order valence-corrected chi connectivity index (χ1v) is 11.5. The van der Waals surface area contributed by atoms with Crippen LogP contribution in [0, 0.1) is 13.8 Å². The molecule has 0 radical (unpaired) electrons. The zero-order valence-corrected chi connectivity index (χ0v) is 22.0. The lowest BCUT2D eigenvalue weighted by Crippen LogP contribution is -3.00. The highest BCUT2D eigenvalue weighted by molar-refractivity contribution is 6.35. The molecule has 0 spiro atoms. The van der Waals surface area contributed by atoms with Crippen LogP contribution in [0.1, 0.15) is 42.6 Å². The van der Waals surface area contributed by atoms with Crippen molar-refractivity contribution in [2.24, 2.45) is 0 Å². The van der Waals surface area contributed by atoms with E-state index in [-0.39, 0.29) is 23.1 Å². The number of hydrogen-bond donors (Lipinski definition) is 0. The van der Waals surface area contributed by atoms with Crippen molar-refractivity contribution >= 4 is 23.2 Å². The summed E-state index contributed by atoms with van der Waals surface area (Å²) in [6.45, 7) is 9.06. The molecule has 32 heavy (non-hydrogen) atoms. The molecule has 3 aromatic rings. The molecule has 1 aromatic heterocycles. The van der Waals surface area contributed by atoms with Crippen molar-refractivity contribution in [3.8, 4) is 5.75 Å². The van der Waals surface area contributed by atoms with Crippen LogP contribution in [0.4, 0.5) is 0 Å². The second-order valence-corrected chi connectivity index (χ2v) is 8.64. The molecule has 7 heteroatoms. The van der Waals surface area contributed by atoms with E-state index in [0.717, 1.165) is 41.8 Å². The van der Waals surface area contributed by atoms with Crippen molar-refractivity contribution in [2.75, 3.05) is 13.2 Å². The summed E-state index contributed by atoms with van der Waals surface area (Å²) >= 11 is 12.5. The minimum Gasteiger partial charge on any atom is -1.00 e. The highest BCUT2D eigenvalue weighted by Gasteiger charge is 2.19. The van der Waals surface area contributed by atoms with E-state index in [9.17, 15) is 0 Å². The van der Waals surface area contributed by atoms with Gasteiger partial charge in [-0.3, -0.25) is 0 Å². The first kappa shape index (κ1) is 26.7. The number of aryl methyl sites for hydroxylation is 2. The number of ether oxygens (including phenoxy) is 2. The molecule has 0 N–H and O–H groups in total. The van der Waals surface area contributed by atoms with Gasteiger partial charge in [0.05, 0.1) is 0 Å². The summed E-state index contributed by atoms with van der Waals surface area (Å²) in [5.41, 5.74) is 3.28. The topological polar surface area (TPSA) is 27.3 Å². The van der Waals surface area contributed by atoms with E-state index in [4.69, 9.17) is 32.7 Å². The van der Waals surface area contributed by atoms with Gasteiger partial charge < -0.3 is 26.5 Å². The van der Waals surface area contributed by atoms with Crippen LogP contribution in [0.2, 0.25) is 10.0 Å². The Morgan fingerprint density at radius 1 is 1.06 bits per heavy atom. The molecule has 0 aliphatic carbocycles. The first-order valence-electron chi connectivity index (χ1n) is 10.8. The van der Waals surface area contributed by atoms with Gasteiger partial charge in [-0.25, -0.2) is 9.13 Å². The minimum atomic E-state index is -0.136. The lowest BCUT2D eigenvalue weighted by molar-refractivity contribution is -0.704. The maximum Gasteiger partial charge on any atom is 0.243 e. The summed E-state index contributed by atoms with van der Waals surface area (Å²) in [4.78, 5) is 0.